The summed E-state index contributed by atoms with van der Waals surface area (Å²) >= 11 is 0. The van der Waals surface area contributed by atoms with Gasteiger partial charge in [-0.2, -0.15) is 0 Å². The van der Waals surface area contributed by atoms with Crippen LogP contribution in [0.1, 0.15) is 25.7 Å². The van der Waals surface area contributed by atoms with Crippen LogP contribution in [0.4, 0.5) is 0 Å². The standard InChI is InChI=1S/C8H15NO2/c9-5-6-2-1-3-7(4-6)8(10)11/h6-7H,1-5,9H2,(H,10,11)/t6-,7-/m1/s1. The zero-order chi connectivity index (χ0) is 8.27. The molecule has 0 aromatic carbocycles. The lowest BCUT2D eigenvalue weighted by Crippen LogP contribution is -2.26. The van der Waals surface area contributed by atoms with E-state index in [0.29, 0.717) is 12.5 Å². The van der Waals surface area contributed by atoms with Gasteiger partial charge in [0.2, 0.25) is 0 Å². The van der Waals surface area contributed by atoms with Crippen LogP contribution in [0.3, 0.4) is 0 Å². The van der Waals surface area contributed by atoms with Crippen LogP contribution >= 0.6 is 0 Å². The molecule has 0 bridgehead atoms. The molecule has 3 N–H and O–H groups in total. The lowest BCUT2D eigenvalue weighted by atomic mass is 9.81. The Labute approximate surface area is 66.6 Å². The third-order valence-electron chi connectivity index (χ3n) is 2.47. The summed E-state index contributed by atoms with van der Waals surface area (Å²) in [5, 5.41) is 8.71. The van der Waals surface area contributed by atoms with Gasteiger partial charge < -0.3 is 10.8 Å². The molecule has 1 aliphatic carbocycles. The van der Waals surface area contributed by atoms with Crippen LogP contribution in [0.2, 0.25) is 0 Å². The van der Waals surface area contributed by atoms with Crippen molar-refractivity contribution in [3.8, 4) is 0 Å². The molecular formula is C8H15NO2. The topological polar surface area (TPSA) is 63.3 Å². The van der Waals surface area contributed by atoms with Crippen molar-refractivity contribution in [2.45, 2.75) is 25.7 Å². The lowest BCUT2D eigenvalue weighted by Gasteiger charge is -2.25. The van der Waals surface area contributed by atoms with Gasteiger partial charge in [0.05, 0.1) is 5.92 Å². The predicted molar refractivity (Wildman–Crippen MR) is 42.1 cm³/mol. The number of rotatable bonds is 2. The first-order valence-corrected chi connectivity index (χ1v) is 4.17. The number of carboxylic acids is 1. The fraction of sp³-hybridized carbons (Fsp3) is 0.875. The molecule has 0 aromatic heterocycles. The summed E-state index contributed by atoms with van der Waals surface area (Å²) in [7, 11) is 0. The van der Waals surface area contributed by atoms with Crippen LogP contribution in [-0.2, 0) is 4.79 Å². The van der Waals surface area contributed by atoms with Crippen LogP contribution < -0.4 is 5.73 Å². The summed E-state index contributed by atoms with van der Waals surface area (Å²) in [4.78, 5) is 10.6. The van der Waals surface area contributed by atoms with Gasteiger partial charge in [0.1, 0.15) is 0 Å². The maximum atomic E-state index is 10.6. The van der Waals surface area contributed by atoms with Crippen LogP contribution in [0, 0.1) is 11.8 Å². The molecule has 11 heavy (non-hydrogen) atoms. The molecule has 1 aliphatic rings. The van der Waals surface area contributed by atoms with Crippen molar-refractivity contribution >= 4 is 5.97 Å². The molecule has 3 heteroatoms. The Balaban J connectivity index is 2.39. The van der Waals surface area contributed by atoms with Crippen molar-refractivity contribution in [3.63, 3.8) is 0 Å². The Morgan fingerprint density at radius 2 is 2.27 bits per heavy atom. The van der Waals surface area contributed by atoms with Gasteiger partial charge in [0.15, 0.2) is 0 Å². The van der Waals surface area contributed by atoms with Crippen LogP contribution in [0.25, 0.3) is 0 Å². The average Bonchev–Trinajstić information content (AvgIpc) is 2.05. The Bertz CT molecular complexity index is 147. The summed E-state index contributed by atoms with van der Waals surface area (Å²) in [6.07, 6.45) is 3.76. The Morgan fingerprint density at radius 3 is 2.82 bits per heavy atom. The third-order valence-corrected chi connectivity index (χ3v) is 2.47. The van der Waals surface area contributed by atoms with E-state index in [1.54, 1.807) is 0 Å². The second-order valence-corrected chi connectivity index (χ2v) is 3.30. The monoisotopic (exact) mass is 157 g/mol. The largest absolute Gasteiger partial charge is 0.481 e. The normalized spacial score (nSPS) is 31.7. The van der Waals surface area contributed by atoms with Gasteiger partial charge in [-0.05, 0) is 31.7 Å². The van der Waals surface area contributed by atoms with Crippen LogP contribution in [0.15, 0.2) is 0 Å². The molecule has 0 radical (unpaired) electrons. The maximum Gasteiger partial charge on any atom is 0.306 e. The Kier molecular flexibility index (Phi) is 2.88. The molecule has 3 nitrogen and oxygen atoms in total. The third kappa shape index (κ3) is 2.19. The lowest BCUT2D eigenvalue weighted by molar-refractivity contribution is -0.143. The van der Waals surface area contributed by atoms with E-state index in [9.17, 15) is 4.79 Å². The highest BCUT2D eigenvalue weighted by molar-refractivity contribution is 5.70. The highest BCUT2D eigenvalue weighted by Gasteiger charge is 2.25. The van der Waals surface area contributed by atoms with Crippen molar-refractivity contribution in [1.82, 2.24) is 0 Å². The molecule has 0 heterocycles. The predicted octanol–water partition coefficient (Wildman–Crippen LogP) is 0.836. The molecule has 0 spiro atoms. The minimum absolute atomic E-state index is 0.128. The first-order valence-electron chi connectivity index (χ1n) is 4.17. The summed E-state index contributed by atoms with van der Waals surface area (Å²) in [5.41, 5.74) is 5.47. The fourth-order valence-electron chi connectivity index (χ4n) is 1.73. The minimum atomic E-state index is -0.650. The van der Waals surface area contributed by atoms with E-state index in [2.05, 4.69) is 0 Å². The van der Waals surface area contributed by atoms with Gasteiger partial charge in [-0.15, -0.1) is 0 Å². The van der Waals surface area contributed by atoms with Gasteiger partial charge >= 0.3 is 5.97 Å². The summed E-state index contributed by atoms with van der Waals surface area (Å²) in [6.45, 7) is 0.643. The summed E-state index contributed by atoms with van der Waals surface area (Å²) in [5.74, 6) is -0.328. The summed E-state index contributed by atoms with van der Waals surface area (Å²) < 4.78 is 0. The Morgan fingerprint density at radius 1 is 1.55 bits per heavy atom. The number of carbonyl (C=O) groups is 1. The van der Waals surface area contributed by atoms with Crippen LogP contribution in [0.5, 0.6) is 0 Å². The average molecular weight is 157 g/mol. The van der Waals surface area contributed by atoms with E-state index in [1.165, 1.54) is 0 Å². The van der Waals surface area contributed by atoms with E-state index in [1.807, 2.05) is 0 Å². The molecule has 0 aromatic rings. The maximum absolute atomic E-state index is 10.6. The molecule has 2 atom stereocenters. The van der Waals surface area contributed by atoms with Crippen molar-refractivity contribution in [3.05, 3.63) is 0 Å². The number of hydrogen-bond donors (Lipinski definition) is 2. The van der Waals surface area contributed by atoms with Gasteiger partial charge in [-0.25, -0.2) is 0 Å². The SMILES string of the molecule is NC[C@@H]1CCC[C@@H](C(=O)O)C1. The highest BCUT2D eigenvalue weighted by Crippen LogP contribution is 2.28. The molecule has 1 rings (SSSR count). The van der Waals surface area contributed by atoms with Gasteiger partial charge in [-0.3, -0.25) is 4.79 Å². The first-order chi connectivity index (χ1) is 5.24. The molecule has 64 valence electrons. The number of carboxylic acid groups (broad SMARTS) is 1. The van der Waals surface area contributed by atoms with E-state index in [4.69, 9.17) is 10.8 Å². The smallest absolute Gasteiger partial charge is 0.306 e. The van der Waals surface area contributed by atoms with Gasteiger partial charge in [-0.1, -0.05) is 6.42 Å². The van der Waals surface area contributed by atoms with E-state index < -0.39 is 5.97 Å². The van der Waals surface area contributed by atoms with Crippen molar-refractivity contribution in [1.29, 1.82) is 0 Å². The minimum Gasteiger partial charge on any atom is -0.481 e. The number of nitrogens with two attached hydrogens (primary N) is 1. The molecule has 1 saturated carbocycles. The highest BCUT2D eigenvalue weighted by atomic mass is 16.4. The second kappa shape index (κ2) is 3.72. The van der Waals surface area contributed by atoms with Gasteiger partial charge in [0.25, 0.3) is 0 Å². The molecular weight excluding hydrogens is 142 g/mol. The van der Waals surface area contributed by atoms with E-state index in [-0.39, 0.29) is 5.92 Å². The molecule has 1 fully saturated rings. The van der Waals surface area contributed by atoms with Crippen molar-refractivity contribution in [2.24, 2.45) is 17.6 Å². The van der Waals surface area contributed by atoms with Crippen molar-refractivity contribution < 1.29 is 9.90 Å². The Hall–Kier alpha value is -0.570. The zero-order valence-corrected chi connectivity index (χ0v) is 6.62. The zero-order valence-electron chi connectivity index (χ0n) is 6.62. The van der Waals surface area contributed by atoms with E-state index >= 15 is 0 Å². The fourth-order valence-corrected chi connectivity index (χ4v) is 1.73. The first kappa shape index (κ1) is 8.53. The van der Waals surface area contributed by atoms with Gasteiger partial charge in [0, 0.05) is 0 Å². The van der Waals surface area contributed by atoms with Crippen molar-refractivity contribution in [2.75, 3.05) is 6.54 Å². The number of aliphatic carboxylic acids is 1. The molecule has 0 amide bonds. The summed E-state index contributed by atoms with van der Waals surface area (Å²) in [6, 6.07) is 0. The second-order valence-electron chi connectivity index (χ2n) is 3.30. The quantitative estimate of drug-likeness (QED) is 0.624. The molecule has 0 aliphatic heterocycles. The van der Waals surface area contributed by atoms with E-state index in [0.717, 1.165) is 25.7 Å². The number of hydrogen-bond acceptors (Lipinski definition) is 2. The molecule has 0 unspecified atom stereocenters. The molecule has 0 saturated heterocycles. The van der Waals surface area contributed by atoms with Crippen LogP contribution in [-0.4, -0.2) is 17.6 Å².